The molecule has 2 amide bonds. The van der Waals surface area contributed by atoms with Crippen molar-refractivity contribution in [1.29, 1.82) is 0 Å². The number of aliphatic hydroxyl groups is 1. The molecule has 1 aliphatic heterocycles. The van der Waals surface area contributed by atoms with Crippen molar-refractivity contribution < 1.29 is 14.7 Å². The zero-order valence-corrected chi connectivity index (χ0v) is 14.0. The summed E-state index contributed by atoms with van der Waals surface area (Å²) in [6.07, 6.45) is 5.34. The maximum atomic E-state index is 12.4. The number of aliphatic hydroxyl groups excluding tert-OH is 1. The fourth-order valence-electron chi connectivity index (χ4n) is 3.54. The maximum absolute atomic E-state index is 12.4. The van der Waals surface area contributed by atoms with Gasteiger partial charge in [0, 0.05) is 31.1 Å². The van der Waals surface area contributed by atoms with Crippen LogP contribution in [-0.2, 0) is 11.3 Å². The molecule has 3 rings (SSSR count). The van der Waals surface area contributed by atoms with Crippen molar-refractivity contribution in [2.45, 2.75) is 51.2 Å². The van der Waals surface area contributed by atoms with Crippen LogP contribution < -0.4 is 5.32 Å². The third-order valence-electron chi connectivity index (χ3n) is 5.15. The van der Waals surface area contributed by atoms with Gasteiger partial charge in [0.2, 0.25) is 5.91 Å². The highest BCUT2D eigenvalue weighted by Crippen LogP contribution is 2.24. The van der Waals surface area contributed by atoms with E-state index in [1.54, 1.807) is 4.90 Å². The Morgan fingerprint density at radius 3 is 2.29 bits per heavy atom. The molecule has 1 aromatic rings. The molecule has 0 bridgehead atoms. The van der Waals surface area contributed by atoms with Crippen LogP contribution in [0.4, 0.5) is 0 Å². The van der Waals surface area contributed by atoms with Crippen molar-refractivity contribution >= 4 is 11.8 Å². The molecular formula is C19H26N2O3. The van der Waals surface area contributed by atoms with Gasteiger partial charge in [-0.2, -0.15) is 0 Å². The Morgan fingerprint density at radius 2 is 1.67 bits per heavy atom. The molecule has 24 heavy (non-hydrogen) atoms. The summed E-state index contributed by atoms with van der Waals surface area (Å²) in [5.74, 6) is 0.350. The Balaban J connectivity index is 1.51. The molecule has 0 spiro atoms. The van der Waals surface area contributed by atoms with Crippen LogP contribution in [0.15, 0.2) is 24.3 Å². The first kappa shape index (κ1) is 17.0. The van der Waals surface area contributed by atoms with Gasteiger partial charge < -0.3 is 15.3 Å². The number of piperidine rings is 1. The van der Waals surface area contributed by atoms with E-state index >= 15 is 0 Å². The van der Waals surface area contributed by atoms with E-state index in [0.717, 1.165) is 31.2 Å². The number of nitrogens with zero attached hydrogens (tertiary/aromatic N) is 1. The Hall–Kier alpha value is -1.88. The quantitative estimate of drug-likeness (QED) is 0.888. The fraction of sp³-hybridized carbons (Fsp3) is 0.579. The smallest absolute Gasteiger partial charge is 0.253 e. The largest absolute Gasteiger partial charge is 0.393 e. The summed E-state index contributed by atoms with van der Waals surface area (Å²) in [6.45, 7) is 1.73. The summed E-state index contributed by atoms with van der Waals surface area (Å²) in [7, 11) is 0. The van der Waals surface area contributed by atoms with Gasteiger partial charge in [0.15, 0.2) is 0 Å². The zero-order chi connectivity index (χ0) is 16.9. The molecule has 2 N–H and O–H groups in total. The van der Waals surface area contributed by atoms with E-state index in [1.807, 2.05) is 24.3 Å². The number of likely N-dealkylation sites (tertiary alicyclic amines) is 1. The van der Waals surface area contributed by atoms with Crippen LogP contribution in [0.25, 0.3) is 0 Å². The van der Waals surface area contributed by atoms with Crippen LogP contribution in [0.5, 0.6) is 0 Å². The number of benzene rings is 1. The summed E-state index contributed by atoms with van der Waals surface area (Å²) < 4.78 is 0. The lowest BCUT2D eigenvalue weighted by atomic mass is 10.1. The van der Waals surface area contributed by atoms with Crippen molar-refractivity contribution in [3.63, 3.8) is 0 Å². The monoisotopic (exact) mass is 330 g/mol. The van der Waals surface area contributed by atoms with E-state index in [-0.39, 0.29) is 23.8 Å². The van der Waals surface area contributed by atoms with Crippen molar-refractivity contribution in [3.05, 3.63) is 35.4 Å². The standard InChI is InChI=1S/C19H26N2O3/c22-17-9-11-21(12-10-17)19(24)16-7-5-14(6-8-16)13-20-18(23)15-3-1-2-4-15/h5-8,15,17,22H,1-4,9-13H2,(H,20,23). The zero-order valence-electron chi connectivity index (χ0n) is 14.0. The lowest BCUT2D eigenvalue weighted by Gasteiger charge is -2.29. The third kappa shape index (κ3) is 4.15. The Kier molecular flexibility index (Phi) is 5.51. The molecule has 0 atom stereocenters. The SMILES string of the molecule is O=C(NCc1ccc(C(=O)N2CCC(O)CC2)cc1)C1CCCC1. The van der Waals surface area contributed by atoms with Crippen LogP contribution in [0, 0.1) is 5.92 Å². The van der Waals surface area contributed by atoms with Gasteiger partial charge in [-0.05, 0) is 43.4 Å². The fourth-order valence-corrected chi connectivity index (χ4v) is 3.54. The van der Waals surface area contributed by atoms with Gasteiger partial charge >= 0.3 is 0 Å². The average molecular weight is 330 g/mol. The van der Waals surface area contributed by atoms with Gasteiger partial charge in [0.05, 0.1) is 6.10 Å². The normalized spacial score (nSPS) is 19.5. The van der Waals surface area contributed by atoms with Crippen LogP contribution in [0.3, 0.4) is 0 Å². The first-order chi connectivity index (χ1) is 11.6. The molecule has 2 aliphatic rings. The summed E-state index contributed by atoms with van der Waals surface area (Å²) in [5, 5.41) is 12.5. The van der Waals surface area contributed by atoms with Gasteiger partial charge in [0.1, 0.15) is 0 Å². The van der Waals surface area contributed by atoms with Crippen molar-refractivity contribution in [3.8, 4) is 0 Å². The average Bonchev–Trinajstić information content (AvgIpc) is 3.15. The van der Waals surface area contributed by atoms with Crippen LogP contribution >= 0.6 is 0 Å². The van der Waals surface area contributed by atoms with Gasteiger partial charge in [-0.15, -0.1) is 0 Å². The van der Waals surface area contributed by atoms with E-state index in [9.17, 15) is 14.7 Å². The van der Waals surface area contributed by atoms with Gasteiger partial charge in [-0.1, -0.05) is 25.0 Å². The highest BCUT2D eigenvalue weighted by Gasteiger charge is 2.23. The molecule has 1 saturated heterocycles. The highest BCUT2D eigenvalue weighted by molar-refractivity contribution is 5.94. The second-order valence-corrected chi connectivity index (χ2v) is 6.92. The van der Waals surface area contributed by atoms with E-state index in [2.05, 4.69) is 5.32 Å². The minimum Gasteiger partial charge on any atom is -0.393 e. The third-order valence-corrected chi connectivity index (χ3v) is 5.15. The first-order valence-corrected chi connectivity index (χ1v) is 8.97. The van der Waals surface area contributed by atoms with Crippen molar-refractivity contribution in [2.24, 2.45) is 5.92 Å². The van der Waals surface area contributed by atoms with Crippen LogP contribution in [0.2, 0.25) is 0 Å². The van der Waals surface area contributed by atoms with Crippen LogP contribution in [-0.4, -0.2) is 41.0 Å². The predicted molar refractivity (Wildman–Crippen MR) is 91.4 cm³/mol. The van der Waals surface area contributed by atoms with Crippen molar-refractivity contribution in [1.82, 2.24) is 10.2 Å². The number of carbonyl (C=O) groups excluding carboxylic acids is 2. The molecule has 0 radical (unpaired) electrons. The van der Waals surface area contributed by atoms with Gasteiger partial charge in [-0.3, -0.25) is 9.59 Å². The minimum atomic E-state index is -0.278. The molecule has 1 aromatic carbocycles. The summed E-state index contributed by atoms with van der Waals surface area (Å²) in [4.78, 5) is 26.3. The molecule has 0 aromatic heterocycles. The number of carbonyl (C=O) groups is 2. The minimum absolute atomic E-state index is 0.0171. The molecule has 1 aliphatic carbocycles. The molecule has 0 unspecified atom stereocenters. The molecule has 130 valence electrons. The Morgan fingerprint density at radius 1 is 1.04 bits per heavy atom. The van der Waals surface area contributed by atoms with Crippen LogP contribution in [0.1, 0.15) is 54.4 Å². The maximum Gasteiger partial charge on any atom is 0.253 e. The Bertz CT molecular complexity index is 571. The number of nitrogens with one attached hydrogen (secondary N) is 1. The van der Waals surface area contributed by atoms with E-state index < -0.39 is 0 Å². The lowest BCUT2D eigenvalue weighted by molar-refractivity contribution is -0.124. The number of rotatable bonds is 4. The molecule has 5 nitrogen and oxygen atoms in total. The lowest BCUT2D eigenvalue weighted by Crippen LogP contribution is -2.40. The molecule has 5 heteroatoms. The van der Waals surface area contributed by atoms with Gasteiger partial charge in [0.25, 0.3) is 5.91 Å². The number of hydrogen-bond acceptors (Lipinski definition) is 3. The first-order valence-electron chi connectivity index (χ1n) is 8.97. The summed E-state index contributed by atoms with van der Waals surface area (Å²) in [5.41, 5.74) is 1.67. The summed E-state index contributed by atoms with van der Waals surface area (Å²) >= 11 is 0. The topological polar surface area (TPSA) is 69.6 Å². The van der Waals surface area contributed by atoms with E-state index in [0.29, 0.717) is 38.0 Å². The second-order valence-electron chi connectivity index (χ2n) is 6.92. The molecule has 1 saturated carbocycles. The second kappa shape index (κ2) is 7.79. The molecule has 2 fully saturated rings. The molecular weight excluding hydrogens is 304 g/mol. The number of amides is 2. The highest BCUT2D eigenvalue weighted by atomic mass is 16.3. The predicted octanol–water partition coefficient (Wildman–Crippen LogP) is 2.09. The summed E-state index contributed by atoms with van der Waals surface area (Å²) in [6, 6.07) is 7.46. The van der Waals surface area contributed by atoms with E-state index in [4.69, 9.17) is 0 Å². The van der Waals surface area contributed by atoms with E-state index in [1.165, 1.54) is 0 Å². The number of hydrogen-bond donors (Lipinski definition) is 2. The Labute approximate surface area is 143 Å². The molecule has 1 heterocycles. The van der Waals surface area contributed by atoms with Crippen molar-refractivity contribution in [2.75, 3.05) is 13.1 Å². The van der Waals surface area contributed by atoms with Gasteiger partial charge in [-0.25, -0.2) is 0 Å².